The number of nitrogens with zero attached hydrogens (tertiary/aromatic N) is 3. The number of rotatable bonds is 3. The molecule has 0 spiro atoms. The van der Waals surface area contributed by atoms with Crippen molar-refractivity contribution in [2.24, 2.45) is 0 Å². The van der Waals surface area contributed by atoms with E-state index in [-0.39, 0.29) is 5.95 Å². The van der Waals surface area contributed by atoms with Crippen molar-refractivity contribution in [3.63, 3.8) is 0 Å². The molecule has 1 aromatic rings. The molecule has 5 N–H and O–H groups in total. The Morgan fingerprint density at radius 1 is 1.22 bits per heavy atom. The van der Waals surface area contributed by atoms with Crippen LogP contribution in [-0.2, 0) is 0 Å². The summed E-state index contributed by atoms with van der Waals surface area (Å²) < 4.78 is 0. The van der Waals surface area contributed by atoms with Gasteiger partial charge in [0.1, 0.15) is 11.6 Å². The van der Waals surface area contributed by atoms with Gasteiger partial charge in [0.05, 0.1) is 0 Å². The van der Waals surface area contributed by atoms with Crippen LogP contribution in [0.1, 0.15) is 30.7 Å². The van der Waals surface area contributed by atoms with Gasteiger partial charge in [-0.15, -0.1) is 0 Å². The van der Waals surface area contributed by atoms with E-state index in [0.717, 1.165) is 30.9 Å². The van der Waals surface area contributed by atoms with Crippen LogP contribution in [0.15, 0.2) is 0 Å². The lowest BCUT2D eigenvalue weighted by molar-refractivity contribution is 0.616. The van der Waals surface area contributed by atoms with Gasteiger partial charge in [0.2, 0.25) is 5.95 Å². The van der Waals surface area contributed by atoms with E-state index in [1.54, 1.807) is 0 Å². The van der Waals surface area contributed by atoms with Gasteiger partial charge >= 0.3 is 0 Å². The lowest BCUT2D eigenvalue weighted by Crippen LogP contribution is -2.30. The van der Waals surface area contributed by atoms with E-state index >= 15 is 0 Å². The molecule has 3 rings (SSSR count). The van der Waals surface area contributed by atoms with Gasteiger partial charge in [0.15, 0.2) is 0 Å². The maximum Gasteiger partial charge on any atom is 0.223 e. The molecule has 2 aliphatic rings. The fourth-order valence-electron chi connectivity index (χ4n) is 2.68. The second-order valence-corrected chi connectivity index (χ2v) is 5.20. The van der Waals surface area contributed by atoms with Crippen molar-refractivity contribution in [1.82, 2.24) is 15.3 Å². The lowest BCUT2D eigenvalue weighted by Gasteiger charge is -2.21. The quantitative estimate of drug-likeness (QED) is 0.713. The summed E-state index contributed by atoms with van der Waals surface area (Å²) in [5.74, 6) is 2.34. The molecule has 0 aromatic carbocycles. The molecule has 98 valence electrons. The second-order valence-electron chi connectivity index (χ2n) is 5.20. The molecule has 6 heteroatoms. The molecule has 1 aliphatic carbocycles. The summed E-state index contributed by atoms with van der Waals surface area (Å²) >= 11 is 0. The first-order valence-corrected chi connectivity index (χ1v) is 6.54. The van der Waals surface area contributed by atoms with E-state index in [1.807, 2.05) is 7.05 Å². The van der Waals surface area contributed by atoms with E-state index in [2.05, 4.69) is 20.2 Å². The molecule has 0 amide bonds. The standard InChI is InChI=1S/C12H20N6/c1-15-8-4-5-18(6-8)11-9(7-2-3-7)10(13)16-12(14)17-11/h7-8,15H,2-6H2,1H3,(H4,13,14,16,17)/t8-/m1/s1. The molecule has 0 radical (unpaired) electrons. The predicted octanol–water partition coefficient (Wildman–Crippen LogP) is 0.317. The van der Waals surface area contributed by atoms with Crippen LogP contribution >= 0.6 is 0 Å². The van der Waals surface area contributed by atoms with Crippen LogP contribution in [-0.4, -0.2) is 36.1 Å². The average Bonchev–Trinajstić information content (AvgIpc) is 3.05. The highest BCUT2D eigenvalue weighted by molar-refractivity contribution is 5.63. The largest absolute Gasteiger partial charge is 0.383 e. The van der Waals surface area contributed by atoms with Crippen LogP contribution in [0.4, 0.5) is 17.6 Å². The number of nitrogens with two attached hydrogens (primary N) is 2. The summed E-state index contributed by atoms with van der Waals surface area (Å²) in [4.78, 5) is 10.8. The molecule has 1 atom stereocenters. The maximum absolute atomic E-state index is 6.02. The summed E-state index contributed by atoms with van der Waals surface area (Å²) in [5, 5.41) is 3.31. The van der Waals surface area contributed by atoms with E-state index in [4.69, 9.17) is 11.5 Å². The number of anilines is 3. The highest BCUT2D eigenvalue weighted by Gasteiger charge is 2.33. The number of nitrogen functional groups attached to an aromatic ring is 2. The van der Waals surface area contributed by atoms with Crippen LogP contribution in [0.2, 0.25) is 0 Å². The maximum atomic E-state index is 6.02. The normalized spacial score (nSPS) is 23.6. The molecule has 1 aromatic heterocycles. The summed E-state index contributed by atoms with van der Waals surface area (Å²) in [6, 6.07) is 0.523. The van der Waals surface area contributed by atoms with Gasteiger partial charge in [-0.25, -0.2) is 0 Å². The number of hydrogen-bond donors (Lipinski definition) is 3. The first-order chi connectivity index (χ1) is 8.69. The van der Waals surface area contributed by atoms with Crippen molar-refractivity contribution in [3.05, 3.63) is 5.56 Å². The lowest BCUT2D eigenvalue weighted by atomic mass is 10.1. The number of likely N-dealkylation sites (N-methyl/N-ethyl adjacent to an activating group) is 1. The van der Waals surface area contributed by atoms with Gasteiger partial charge in [-0.05, 0) is 32.2 Å². The van der Waals surface area contributed by atoms with Crippen molar-refractivity contribution in [2.75, 3.05) is 36.5 Å². The zero-order valence-electron chi connectivity index (χ0n) is 10.7. The topological polar surface area (TPSA) is 93.1 Å². The van der Waals surface area contributed by atoms with Gasteiger partial charge in [-0.3, -0.25) is 0 Å². The van der Waals surface area contributed by atoms with Crippen molar-refractivity contribution < 1.29 is 0 Å². The van der Waals surface area contributed by atoms with Crippen molar-refractivity contribution in [3.8, 4) is 0 Å². The van der Waals surface area contributed by atoms with Crippen LogP contribution in [0.3, 0.4) is 0 Å². The van der Waals surface area contributed by atoms with Gasteiger partial charge in [0.25, 0.3) is 0 Å². The molecular weight excluding hydrogens is 228 g/mol. The Bertz CT molecular complexity index is 456. The van der Waals surface area contributed by atoms with Crippen molar-refractivity contribution in [1.29, 1.82) is 0 Å². The summed E-state index contributed by atoms with van der Waals surface area (Å²) in [5.41, 5.74) is 12.9. The van der Waals surface area contributed by atoms with Crippen LogP contribution in [0.5, 0.6) is 0 Å². The fraction of sp³-hybridized carbons (Fsp3) is 0.667. The first kappa shape index (κ1) is 11.5. The summed E-state index contributed by atoms with van der Waals surface area (Å²) in [6.45, 7) is 1.97. The molecule has 1 saturated carbocycles. The Balaban J connectivity index is 1.95. The van der Waals surface area contributed by atoms with Gasteiger partial charge in [-0.1, -0.05) is 0 Å². The SMILES string of the molecule is CN[C@@H]1CCN(c2nc(N)nc(N)c2C2CC2)C1. The van der Waals surface area contributed by atoms with Crippen molar-refractivity contribution >= 4 is 17.6 Å². The summed E-state index contributed by atoms with van der Waals surface area (Å²) in [7, 11) is 2.00. The zero-order valence-corrected chi connectivity index (χ0v) is 10.7. The molecule has 18 heavy (non-hydrogen) atoms. The third-order valence-corrected chi connectivity index (χ3v) is 3.85. The Morgan fingerprint density at radius 3 is 2.61 bits per heavy atom. The highest BCUT2D eigenvalue weighted by Crippen LogP contribution is 2.46. The Morgan fingerprint density at radius 2 is 2.00 bits per heavy atom. The minimum absolute atomic E-state index is 0.278. The third kappa shape index (κ3) is 1.96. The van der Waals surface area contributed by atoms with Gasteiger partial charge in [0, 0.05) is 24.7 Å². The molecule has 0 bridgehead atoms. The Hall–Kier alpha value is -1.56. The highest BCUT2D eigenvalue weighted by atomic mass is 15.3. The monoisotopic (exact) mass is 248 g/mol. The molecule has 0 unspecified atom stereocenters. The Labute approximate surface area is 107 Å². The molecule has 1 saturated heterocycles. The van der Waals surface area contributed by atoms with Crippen LogP contribution in [0, 0.1) is 0 Å². The smallest absolute Gasteiger partial charge is 0.223 e. The second kappa shape index (κ2) is 4.28. The average molecular weight is 248 g/mol. The van der Waals surface area contributed by atoms with E-state index in [9.17, 15) is 0 Å². The minimum atomic E-state index is 0.278. The van der Waals surface area contributed by atoms with Crippen molar-refractivity contribution in [2.45, 2.75) is 31.2 Å². The van der Waals surface area contributed by atoms with Crippen LogP contribution in [0.25, 0.3) is 0 Å². The molecular formula is C12H20N6. The molecule has 2 heterocycles. The third-order valence-electron chi connectivity index (χ3n) is 3.85. The number of aromatic nitrogens is 2. The minimum Gasteiger partial charge on any atom is -0.383 e. The molecule has 6 nitrogen and oxygen atoms in total. The Kier molecular flexibility index (Phi) is 2.74. The molecule has 1 aliphatic heterocycles. The number of nitrogens with one attached hydrogen (secondary N) is 1. The summed E-state index contributed by atoms with van der Waals surface area (Å²) in [6.07, 6.45) is 3.51. The van der Waals surface area contributed by atoms with E-state index in [0.29, 0.717) is 17.8 Å². The van der Waals surface area contributed by atoms with E-state index in [1.165, 1.54) is 12.8 Å². The predicted molar refractivity (Wildman–Crippen MR) is 72.5 cm³/mol. The van der Waals surface area contributed by atoms with Crippen LogP contribution < -0.4 is 21.7 Å². The van der Waals surface area contributed by atoms with Gasteiger partial charge in [-0.2, -0.15) is 9.97 Å². The number of hydrogen-bond acceptors (Lipinski definition) is 6. The molecule has 2 fully saturated rings. The fourth-order valence-corrected chi connectivity index (χ4v) is 2.68. The zero-order chi connectivity index (χ0) is 12.7. The van der Waals surface area contributed by atoms with Gasteiger partial charge < -0.3 is 21.7 Å². The van der Waals surface area contributed by atoms with E-state index < -0.39 is 0 Å². The first-order valence-electron chi connectivity index (χ1n) is 6.54.